The molecule has 2 amide bonds. The number of aromatic nitrogens is 2. The highest BCUT2D eigenvalue weighted by atomic mass is 16.6. The zero-order valence-corrected chi connectivity index (χ0v) is 22.9. The summed E-state index contributed by atoms with van der Waals surface area (Å²) in [6, 6.07) is 9.12. The summed E-state index contributed by atoms with van der Waals surface area (Å²) in [7, 11) is 1.65. The second kappa shape index (κ2) is 12.9. The molecule has 200 valence electrons. The van der Waals surface area contributed by atoms with Crippen LogP contribution < -0.4 is 16.0 Å². The molecule has 0 aliphatic rings. The smallest absolute Gasteiger partial charge is 0.410 e. The lowest BCUT2D eigenvalue weighted by atomic mass is 10.0. The lowest BCUT2D eigenvalue weighted by Gasteiger charge is -2.32. The van der Waals surface area contributed by atoms with E-state index in [1.54, 1.807) is 37.5 Å². The monoisotopic (exact) mass is 509 g/mol. The van der Waals surface area contributed by atoms with Crippen molar-refractivity contribution in [1.29, 1.82) is 5.26 Å². The Morgan fingerprint density at radius 2 is 1.81 bits per heavy atom. The van der Waals surface area contributed by atoms with Gasteiger partial charge in [-0.25, -0.2) is 9.78 Å². The van der Waals surface area contributed by atoms with E-state index in [1.807, 2.05) is 34.6 Å². The highest BCUT2D eigenvalue weighted by molar-refractivity contribution is 5.77. The Hall–Kier alpha value is -3.87. The van der Waals surface area contributed by atoms with Gasteiger partial charge < -0.3 is 25.6 Å². The van der Waals surface area contributed by atoms with Crippen molar-refractivity contribution in [3.8, 4) is 6.07 Å². The van der Waals surface area contributed by atoms with Crippen LogP contribution >= 0.6 is 0 Å². The molecule has 0 unspecified atom stereocenters. The van der Waals surface area contributed by atoms with Crippen LogP contribution in [-0.4, -0.2) is 58.1 Å². The molecule has 2 aromatic rings. The zero-order valence-electron chi connectivity index (χ0n) is 22.9. The predicted octanol–water partition coefficient (Wildman–Crippen LogP) is 4.61. The highest BCUT2D eigenvalue weighted by Gasteiger charge is 2.27. The SMILES string of the molecule is CCCNc1nc(Nc2ccc(C#N)cc2)ncc1CCC(=O)NC(C)(C)CN(C)C(=O)OC(C)(C)C. The Morgan fingerprint density at radius 1 is 1.14 bits per heavy atom. The number of amides is 2. The van der Waals surface area contributed by atoms with Crippen LogP contribution in [0, 0.1) is 11.3 Å². The molecular weight excluding hydrogens is 470 g/mol. The summed E-state index contributed by atoms with van der Waals surface area (Å²) in [5, 5.41) is 18.4. The maximum atomic E-state index is 12.8. The molecular formula is C27H39N7O3. The quantitative estimate of drug-likeness (QED) is 0.400. The van der Waals surface area contributed by atoms with Crippen LogP contribution in [0.15, 0.2) is 30.5 Å². The molecule has 0 radical (unpaired) electrons. The summed E-state index contributed by atoms with van der Waals surface area (Å²) >= 11 is 0. The molecule has 0 aliphatic heterocycles. The van der Waals surface area contributed by atoms with E-state index in [-0.39, 0.29) is 12.3 Å². The number of aryl methyl sites for hydroxylation is 1. The first-order valence-corrected chi connectivity index (χ1v) is 12.4. The average Bonchev–Trinajstić information content (AvgIpc) is 2.80. The van der Waals surface area contributed by atoms with E-state index in [2.05, 4.69) is 38.9 Å². The van der Waals surface area contributed by atoms with Crippen molar-refractivity contribution < 1.29 is 14.3 Å². The van der Waals surface area contributed by atoms with Gasteiger partial charge in [0.25, 0.3) is 0 Å². The fraction of sp³-hybridized carbons (Fsp3) is 0.519. The van der Waals surface area contributed by atoms with E-state index >= 15 is 0 Å². The van der Waals surface area contributed by atoms with Crippen LogP contribution in [0.4, 0.5) is 22.2 Å². The summed E-state index contributed by atoms with van der Waals surface area (Å²) in [4.78, 5) is 35.5. The zero-order chi connectivity index (χ0) is 27.6. The third-order valence-corrected chi connectivity index (χ3v) is 5.11. The molecule has 0 aliphatic carbocycles. The third-order valence-electron chi connectivity index (χ3n) is 5.11. The Bertz CT molecular complexity index is 1100. The maximum absolute atomic E-state index is 12.8. The van der Waals surface area contributed by atoms with Gasteiger partial charge in [-0.3, -0.25) is 4.79 Å². The normalized spacial score (nSPS) is 11.3. The van der Waals surface area contributed by atoms with Gasteiger partial charge in [0.1, 0.15) is 11.4 Å². The van der Waals surface area contributed by atoms with Crippen LogP contribution in [0.1, 0.15) is 65.5 Å². The molecule has 10 heteroatoms. The number of nitrogens with zero attached hydrogens (tertiary/aromatic N) is 4. The standard InChI is InChI=1S/C27H39N7O3/c1-8-15-29-23-20(17-30-24(32-23)31-21-12-9-19(16-28)10-13-21)11-14-22(35)33-27(5,6)18-34(7)25(36)37-26(2,3)4/h9-10,12-13,17H,8,11,14-15,18H2,1-7H3,(H,33,35)(H2,29,30,31,32). The predicted molar refractivity (Wildman–Crippen MR) is 145 cm³/mol. The van der Waals surface area contributed by atoms with Crippen molar-refractivity contribution in [3.05, 3.63) is 41.6 Å². The first-order valence-electron chi connectivity index (χ1n) is 12.4. The molecule has 3 N–H and O–H groups in total. The number of carbonyl (C=O) groups excluding carboxylic acids is 2. The molecule has 0 bridgehead atoms. The molecule has 37 heavy (non-hydrogen) atoms. The van der Waals surface area contributed by atoms with Gasteiger partial charge in [-0.2, -0.15) is 10.2 Å². The largest absolute Gasteiger partial charge is 0.444 e. The van der Waals surface area contributed by atoms with E-state index in [0.29, 0.717) is 30.3 Å². The van der Waals surface area contributed by atoms with E-state index < -0.39 is 17.2 Å². The number of benzene rings is 1. The summed E-state index contributed by atoms with van der Waals surface area (Å²) < 4.78 is 5.39. The molecule has 0 atom stereocenters. The van der Waals surface area contributed by atoms with Gasteiger partial charge in [0.15, 0.2) is 0 Å². The van der Waals surface area contributed by atoms with Crippen molar-refractivity contribution in [1.82, 2.24) is 20.2 Å². The number of nitrogens with one attached hydrogen (secondary N) is 3. The Balaban J connectivity index is 2.00. The third kappa shape index (κ3) is 10.3. The van der Waals surface area contributed by atoms with Gasteiger partial charge in [0.2, 0.25) is 11.9 Å². The number of carbonyl (C=O) groups is 2. The molecule has 2 rings (SSSR count). The van der Waals surface area contributed by atoms with Crippen LogP contribution in [0.25, 0.3) is 0 Å². The number of ether oxygens (including phenoxy) is 1. The number of likely N-dealkylation sites (N-methyl/N-ethyl adjacent to an activating group) is 1. The number of hydrogen-bond acceptors (Lipinski definition) is 8. The van der Waals surface area contributed by atoms with Gasteiger partial charge >= 0.3 is 6.09 Å². The Labute approximate surface area is 219 Å². The minimum atomic E-state index is -0.641. The number of nitriles is 1. The van der Waals surface area contributed by atoms with Gasteiger partial charge in [0.05, 0.1) is 17.2 Å². The highest BCUT2D eigenvalue weighted by Crippen LogP contribution is 2.20. The summed E-state index contributed by atoms with van der Waals surface area (Å²) in [6.07, 6.45) is 2.89. The lowest BCUT2D eigenvalue weighted by molar-refractivity contribution is -0.122. The van der Waals surface area contributed by atoms with E-state index in [9.17, 15) is 9.59 Å². The van der Waals surface area contributed by atoms with Gasteiger partial charge in [-0.1, -0.05) is 6.92 Å². The maximum Gasteiger partial charge on any atom is 0.410 e. The average molecular weight is 510 g/mol. The molecule has 0 fully saturated rings. The fourth-order valence-electron chi connectivity index (χ4n) is 3.53. The molecule has 10 nitrogen and oxygen atoms in total. The minimum absolute atomic E-state index is 0.135. The van der Waals surface area contributed by atoms with Crippen molar-refractivity contribution >= 4 is 29.5 Å². The van der Waals surface area contributed by atoms with E-state index in [4.69, 9.17) is 10.00 Å². The second-order valence-electron chi connectivity index (χ2n) is 10.6. The van der Waals surface area contributed by atoms with Gasteiger partial charge in [-0.15, -0.1) is 0 Å². The van der Waals surface area contributed by atoms with E-state index in [0.717, 1.165) is 24.2 Å². The molecule has 0 saturated carbocycles. The minimum Gasteiger partial charge on any atom is -0.444 e. The van der Waals surface area contributed by atoms with Crippen LogP contribution in [0.2, 0.25) is 0 Å². The van der Waals surface area contributed by atoms with Crippen LogP contribution in [0.5, 0.6) is 0 Å². The van der Waals surface area contributed by atoms with Crippen LogP contribution in [0.3, 0.4) is 0 Å². The second-order valence-corrected chi connectivity index (χ2v) is 10.6. The van der Waals surface area contributed by atoms with Crippen molar-refractivity contribution in [3.63, 3.8) is 0 Å². The van der Waals surface area contributed by atoms with Crippen LogP contribution in [-0.2, 0) is 16.0 Å². The first kappa shape index (κ1) is 29.4. The number of hydrogen-bond donors (Lipinski definition) is 3. The molecule has 1 aromatic carbocycles. The lowest BCUT2D eigenvalue weighted by Crippen LogP contribution is -2.52. The van der Waals surface area contributed by atoms with E-state index in [1.165, 1.54) is 4.90 Å². The molecule has 1 aromatic heterocycles. The first-order chi connectivity index (χ1) is 17.3. The molecule has 0 saturated heterocycles. The fourth-order valence-corrected chi connectivity index (χ4v) is 3.53. The molecule has 1 heterocycles. The van der Waals surface area contributed by atoms with Crippen molar-refractivity contribution in [2.24, 2.45) is 0 Å². The summed E-state index contributed by atoms with van der Waals surface area (Å²) in [6.45, 7) is 12.3. The Kier molecular flexibility index (Phi) is 10.2. The summed E-state index contributed by atoms with van der Waals surface area (Å²) in [5.41, 5.74) is 0.948. The summed E-state index contributed by atoms with van der Waals surface area (Å²) in [5.74, 6) is 0.955. The van der Waals surface area contributed by atoms with Gasteiger partial charge in [0, 0.05) is 44.0 Å². The molecule has 0 spiro atoms. The van der Waals surface area contributed by atoms with Crippen molar-refractivity contribution in [2.45, 2.75) is 71.9 Å². The van der Waals surface area contributed by atoms with Gasteiger partial charge in [-0.05, 0) is 71.7 Å². The number of anilines is 3. The topological polar surface area (TPSA) is 132 Å². The number of rotatable bonds is 11. The Morgan fingerprint density at radius 3 is 2.41 bits per heavy atom. The van der Waals surface area contributed by atoms with Crippen molar-refractivity contribution in [2.75, 3.05) is 30.8 Å².